The van der Waals surface area contributed by atoms with Gasteiger partial charge in [0, 0.05) is 17.8 Å². The third-order valence-corrected chi connectivity index (χ3v) is 3.02. The van der Waals surface area contributed by atoms with Crippen molar-refractivity contribution in [3.05, 3.63) is 53.7 Å². The number of imidazole rings is 1. The molecular formula is C14H14N4O. The molecule has 5 nitrogen and oxygen atoms in total. The molecular weight excluding hydrogens is 240 g/mol. The molecule has 0 saturated carbocycles. The number of fused-ring (bicyclic) bond motifs is 1. The van der Waals surface area contributed by atoms with Crippen LogP contribution in [0.15, 0.2) is 36.8 Å². The number of nitrogens with one attached hydrogen (secondary N) is 3. The number of rotatable bonds is 3. The normalized spacial score (nSPS) is 10.8. The lowest BCUT2D eigenvalue weighted by molar-refractivity contribution is 0.0946. The summed E-state index contributed by atoms with van der Waals surface area (Å²) in [6.07, 6.45) is 3.00. The topological polar surface area (TPSA) is 73.6 Å². The van der Waals surface area contributed by atoms with E-state index in [9.17, 15) is 4.79 Å². The summed E-state index contributed by atoms with van der Waals surface area (Å²) in [6, 6.07) is 8.20. The zero-order chi connectivity index (χ0) is 13.2. The average molecular weight is 254 g/mol. The van der Waals surface area contributed by atoms with Gasteiger partial charge in [0.25, 0.3) is 5.91 Å². The van der Waals surface area contributed by atoms with Crippen LogP contribution < -0.4 is 5.32 Å². The maximum Gasteiger partial charge on any atom is 0.269 e. The molecule has 1 amide bonds. The number of aromatic amines is 2. The summed E-state index contributed by atoms with van der Waals surface area (Å²) >= 11 is 0. The zero-order valence-electron chi connectivity index (χ0n) is 10.5. The van der Waals surface area contributed by atoms with Gasteiger partial charge < -0.3 is 15.3 Å². The SMILES string of the molecule is Cc1cc2cc(CNC(=O)c3cnc[nH]3)ccc2[nH]1. The van der Waals surface area contributed by atoms with Gasteiger partial charge >= 0.3 is 0 Å². The second kappa shape index (κ2) is 4.61. The van der Waals surface area contributed by atoms with Gasteiger partial charge in [0.15, 0.2) is 0 Å². The third-order valence-electron chi connectivity index (χ3n) is 3.02. The van der Waals surface area contributed by atoms with Gasteiger partial charge in [0.2, 0.25) is 0 Å². The van der Waals surface area contributed by atoms with E-state index in [-0.39, 0.29) is 5.91 Å². The number of H-pyrrole nitrogens is 2. The Bertz CT molecular complexity index is 712. The van der Waals surface area contributed by atoms with Crippen LogP contribution in [0.3, 0.4) is 0 Å². The van der Waals surface area contributed by atoms with Crippen molar-refractivity contribution in [1.29, 1.82) is 0 Å². The van der Waals surface area contributed by atoms with Crippen LogP contribution in [0.25, 0.3) is 10.9 Å². The first kappa shape index (κ1) is 11.5. The number of carbonyl (C=O) groups is 1. The number of hydrogen-bond donors (Lipinski definition) is 3. The number of nitrogens with zero attached hydrogens (tertiary/aromatic N) is 1. The summed E-state index contributed by atoms with van der Waals surface area (Å²) in [5.41, 5.74) is 3.78. The largest absolute Gasteiger partial charge is 0.359 e. The van der Waals surface area contributed by atoms with Gasteiger partial charge in [-0.2, -0.15) is 0 Å². The maximum absolute atomic E-state index is 11.8. The molecule has 3 rings (SSSR count). The highest BCUT2D eigenvalue weighted by Crippen LogP contribution is 2.16. The van der Waals surface area contributed by atoms with Crippen LogP contribution in [0, 0.1) is 6.92 Å². The first-order valence-electron chi connectivity index (χ1n) is 6.07. The number of amides is 1. The number of aromatic nitrogens is 3. The van der Waals surface area contributed by atoms with E-state index in [0.717, 1.165) is 22.2 Å². The van der Waals surface area contributed by atoms with E-state index in [4.69, 9.17) is 0 Å². The average Bonchev–Trinajstić information content (AvgIpc) is 3.03. The van der Waals surface area contributed by atoms with Crippen molar-refractivity contribution in [2.24, 2.45) is 0 Å². The molecule has 0 aliphatic rings. The van der Waals surface area contributed by atoms with Crippen LogP contribution in [0.4, 0.5) is 0 Å². The van der Waals surface area contributed by atoms with Gasteiger partial charge in [-0.25, -0.2) is 4.98 Å². The predicted octanol–water partition coefficient (Wildman–Crippen LogP) is 2.13. The second-order valence-electron chi connectivity index (χ2n) is 4.52. The molecule has 19 heavy (non-hydrogen) atoms. The highest BCUT2D eigenvalue weighted by atomic mass is 16.1. The second-order valence-corrected chi connectivity index (χ2v) is 4.52. The minimum absolute atomic E-state index is 0.150. The van der Waals surface area contributed by atoms with E-state index >= 15 is 0 Å². The molecule has 0 saturated heterocycles. The van der Waals surface area contributed by atoms with Gasteiger partial charge in [0.05, 0.1) is 12.5 Å². The van der Waals surface area contributed by atoms with E-state index in [0.29, 0.717) is 12.2 Å². The van der Waals surface area contributed by atoms with Crippen LogP contribution in [0.2, 0.25) is 0 Å². The van der Waals surface area contributed by atoms with Crippen molar-refractivity contribution < 1.29 is 4.79 Å². The third kappa shape index (κ3) is 2.35. The fourth-order valence-electron chi connectivity index (χ4n) is 2.09. The number of carbonyl (C=O) groups excluding carboxylic acids is 1. The lowest BCUT2D eigenvalue weighted by Crippen LogP contribution is -2.22. The standard InChI is InChI=1S/C14H14N4O/c1-9-4-11-5-10(2-3-12(11)18-9)6-16-14(19)13-7-15-8-17-13/h2-5,7-8,18H,6H2,1H3,(H,15,17)(H,16,19). The summed E-state index contributed by atoms with van der Waals surface area (Å²) in [6.45, 7) is 2.53. The van der Waals surface area contributed by atoms with Gasteiger partial charge in [-0.3, -0.25) is 4.79 Å². The Morgan fingerprint density at radius 3 is 3.05 bits per heavy atom. The molecule has 0 bridgehead atoms. The van der Waals surface area contributed by atoms with Gasteiger partial charge in [0.1, 0.15) is 5.69 Å². The maximum atomic E-state index is 11.8. The van der Waals surface area contributed by atoms with Crippen molar-refractivity contribution in [1.82, 2.24) is 20.3 Å². The van der Waals surface area contributed by atoms with Crippen LogP contribution in [-0.4, -0.2) is 20.9 Å². The van der Waals surface area contributed by atoms with Gasteiger partial charge in [-0.15, -0.1) is 0 Å². The van der Waals surface area contributed by atoms with Crippen LogP contribution >= 0.6 is 0 Å². The molecule has 0 aliphatic heterocycles. The molecule has 0 radical (unpaired) electrons. The molecule has 2 aromatic heterocycles. The molecule has 3 N–H and O–H groups in total. The molecule has 0 atom stereocenters. The minimum atomic E-state index is -0.150. The molecule has 0 spiro atoms. The summed E-state index contributed by atoms with van der Waals surface area (Å²) in [4.78, 5) is 21.6. The summed E-state index contributed by atoms with van der Waals surface area (Å²) in [5, 5.41) is 4.01. The number of aryl methyl sites for hydroxylation is 1. The Labute approximate surface area is 110 Å². The highest BCUT2D eigenvalue weighted by molar-refractivity contribution is 5.92. The Kier molecular flexibility index (Phi) is 2.79. The van der Waals surface area contributed by atoms with Gasteiger partial charge in [-0.1, -0.05) is 6.07 Å². The van der Waals surface area contributed by atoms with Crippen molar-refractivity contribution >= 4 is 16.8 Å². The summed E-state index contributed by atoms with van der Waals surface area (Å²) in [5.74, 6) is -0.150. The first-order valence-corrected chi connectivity index (χ1v) is 6.07. The van der Waals surface area contributed by atoms with Gasteiger partial charge in [-0.05, 0) is 36.1 Å². The van der Waals surface area contributed by atoms with E-state index < -0.39 is 0 Å². The van der Waals surface area contributed by atoms with E-state index in [1.165, 1.54) is 12.5 Å². The molecule has 96 valence electrons. The van der Waals surface area contributed by atoms with E-state index in [2.05, 4.69) is 32.4 Å². The van der Waals surface area contributed by atoms with Crippen molar-refractivity contribution in [2.45, 2.75) is 13.5 Å². The Balaban J connectivity index is 1.73. The Morgan fingerprint density at radius 2 is 2.26 bits per heavy atom. The highest BCUT2D eigenvalue weighted by Gasteiger charge is 2.06. The number of benzene rings is 1. The lowest BCUT2D eigenvalue weighted by atomic mass is 10.1. The summed E-state index contributed by atoms with van der Waals surface area (Å²) < 4.78 is 0. The van der Waals surface area contributed by atoms with Crippen molar-refractivity contribution in [2.75, 3.05) is 0 Å². The lowest BCUT2D eigenvalue weighted by Gasteiger charge is -2.04. The Hall–Kier alpha value is -2.56. The van der Waals surface area contributed by atoms with Crippen LogP contribution in [0.1, 0.15) is 21.7 Å². The zero-order valence-corrected chi connectivity index (χ0v) is 10.5. The number of hydrogen-bond acceptors (Lipinski definition) is 2. The molecule has 0 fully saturated rings. The van der Waals surface area contributed by atoms with Crippen molar-refractivity contribution in [3.8, 4) is 0 Å². The monoisotopic (exact) mass is 254 g/mol. The van der Waals surface area contributed by atoms with E-state index in [1.54, 1.807) is 0 Å². The Morgan fingerprint density at radius 1 is 1.37 bits per heavy atom. The summed E-state index contributed by atoms with van der Waals surface area (Å²) in [7, 11) is 0. The van der Waals surface area contributed by atoms with E-state index in [1.807, 2.05) is 19.1 Å². The van der Waals surface area contributed by atoms with Crippen LogP contribution in [-0.2, 0) is 6.54 Å². The predicted molar refractivity (Wildman–Crippen MR) is 72.8 cm³/mol. The van der Waals surface area contributed by atoms with Crippen molar-refractivity contribution in [3.63, 3.8) is 0 Å². The quantitative estimate of drug-likeness (QED) is 0.670. The smallest absolute Gasteiger partial charge is 0.269 e. The molecule has 2 heterocycles. The van der Waals surface area contributed by atoms with Crippen LogP contribution in [0.5, 0.6) is 0 Å². The molecule has 0 aliphatic carbocycles. The molecule has 0 unspecified atom stereocenters. The minimum Gasteiger partial charge on any atom is -0.359 e. The fourth-order valence-corrected chi connectivity index (χ4v) is 2.09. The molecule has 5 heteroatoms. The first-order chi connectivity index (χ1) is 9.22. The molecule has 1 aromatic carbocycles. The fraction of sp³-hybridized carbons (Fsp3) is 0.143. The molecule has 3 aromatic rings.